The fourth-order valence-corrected chi connectivity index (χ4v) is 9.62. The number of aliphatic hydroxyl groups is 2. The molecule has 0 amide bonds. The van der Waals surface area contributed by atoms with Crippen LogP contribution in [0.5, 0.6) is 0 Å². The standard InChI is InChI=1S/C25H39F3O3/c1-13(20(29)12-31-3)21-18-10-19(18)22-17-5-4-14-11-24(30,25(26,27)28)9-7-15(14)16(17)6-8-23(21,22)2/h13-22,29-30H,4-12H2,1-3H3/t13-,14-,15+,16-,17-,18+,19-,20-,21+,22-,23-,24-/m1/s1/i3D3. The van der Waals surface area contributed by atoms with Crippen molar-refractivity contribution in [3.63, 3.8) is 0 Å². The highest BCUT2D eigenvalue weighted by Crippen LogP contribution is 2.76. The number of aliphatic hydroxyl groups excluding tert-OH is 1. The Kier molecular flexibility index (Phi) is 4.50. The Morgan fingerprint density at radius 1 is 1.06 bits per heavy atom. The van der Waals surface area contributed by atoms with E-state index < -0.39 is 24.9 Å². The highest BCUT2D eigenvalue weighted by Gasteiger charge is 2.70. The minimum Gasteiger partial charge on any atom is -0.390 e. The molecule has 178 valence electrons. The van der Waals surface area contributed by atoms with Crippen molar-refractivity contribution in [3.8, 4) is 0 Å². The van der Waals surface area contributed by atoms with Gasteiger partial charge in [0.05, 0.1) is 16.8 Å². The van der Waals surface area contributed by atoms with E-state index >= 15 is 0 Å². The molecule has 3 nitrogen and oxygen atoms in total. The number of ether oxygens (including phenoxy) is 1. The normalized spacial score (nSPS) is 54.9. The van der Waals surface area contributed by atoms with E-state index in [0.29, 0.717) is 41.9 Å². The molecule has 31 heavy (non-hydrogen) atoms. The third-order valence-electron chi connectivity index (χ3n) is 10.8. The quantitative estimate of drug-likeness (QED) is 0.634. The molecule has 0 aromatic rings. The second kappa shape index (κ2) is 7.33. The van der Waals surface area contributed by atoms with Gasteiger partial charge in [0.25, 0.3) is 0 Å². The lowest BCUT2D eigenvalue weighted by atomic mass is 9.47. The van der Waals surface area contributed by atoms with Gasteiger partial charge < -0.3 is 14.9 Å². The largest absolute Gasteiger partial charge is 0.417 e. The van der Waals surface area contributed by atoms with E-state index in [1.807, 2.05) is 6.92 Å². The van der Waals surface area contributed by atoms with Gasteiger partial charge in [0.2, 0.25) is 0 Å². The Morgan fingerprint density at radius 2 is 1.81 bits per heavy atom. The zero-order valence-electron chi connectivity index (χ0n) is 21.6. The number of alkyl halides is 3. The topological polar surface area (TPSA) is 49.7 Å². The van der Waals surface area contributed by atoms with Crippen LogP contribution in [0.4, 0.5) is 13.2 Å². The van der Waals surface area contributed by atoms with Crippen molar-refractivity contribution < 1.29 is 32.2 Å². The van der Waals surface area contributed by atoms with Gasteiger partial charge in [-0.05, 0) is 110 Å². The SMILES string of the molecule is [2H]C([2H])([2H])OC[C@@H](O)[C@@H](C)[C@H]1[C@H]2C[C@H]2[C@H]2[C@@H]3CC[C@@H]4C[C@@](O)(C(F)(F)F)CC[C@@H]4[C@H]3CC[C@@]21C. The maximum atomic E-state index is 13.5. The molecule has 0 radical (unpaired) electrons. The summed E-state index contributed by atoms with van der Waals surface area (Å²) >= 11 is 0. The van der Waals surface area contributed by atoms with Crippen LogP contribution in [0.3, 0.4) is 0 Å². The smallest absolute Gasteiger partial charge is 0.390 e. The molecule has 5 saturated carbocycles. The molecule has 0 aromatic heterocycles. The van der Waals surface area contributed by atoms with Crippen LogP contribution < -0.4 is 0 Å². The summed E-state index contributed by atoms with van der Waals surface area (Å²) in [5.74, 6) is 3.14. The minimum atomic E-state index is -4.56. The summed E-state index contributed by atoms with van der Waals surface area (Å²) in [5, 5.41) is 21.1. The Morgan fingerprint density at radius 3 is 2.52 bits per heavy atom. The van der Waals surface area contributed by atoms with Gasteiger partial charge >= 0.3 is 6.18 Å². The first-order chi connectivity index (χ1) is 15.7. The molecule has 2 N–H and O–H groups in total. The average molecular weight is 448 g/mol. The van der Waals surface area contributed by atoms with Crippen LogP contribution in [0.1, 0.15) is 69.3 Å². The van der Waals surface area contributed by atoms with E-state index in [9.17, 15) is 23.4 Å². The van der Waals surface area contributed by atoms with Gasteiger partial charge in [-0.3, -0.25) is 0 Å². The van der Waals surface area contributed by atoms with Crippen LogP contribution in [-0.4, -0.2) is 41.7 Å². The van der Waals surface area contributed by atoms with E-state index in [2.05, 4.69) is 6.92 Å². The molecular weight excluding hydrogens is 405 g/mol. The van der Waals surface area contributed by atoms with Gasteiger partial charge in [0.15, 0.2) is 5.60 Å². The number of fused-ring (bicyclic) bond motifs is 7. The molecule has 5 rings (SSSR count). The molecular formula is C25H39F3O3. The van der Waals surface area contributed by atoms with Crippen LogP contribution in [0.25, 0.3) is 0 Å². The van der Waals surface area contributed by atoms with E-state index in [0.717, 1.165) is 32.1 Å². The molecule has 0 bridgehead atoms. The number of hydrogen-bond donors (Lipinski definition) is 2. The van der Waals surface area contributed by atoms with Gasteiger partial charge in [-0.25, -0.2) is 0 Å². The third kappa shape index (κ3) is 3.24. The second-order valence-electron chi connectivity index (χ2n) is 12.0. The highest BCUT2D eigenvalue weighted by atomic mass is 19.4. The van der Waals surface area contributed by atoms with E-state index in [4.69, 9.17) is 8.85 Å². The molecule has 0 aromatic carbocycles. The van der Waals surface area contributed by atoms with Crippen molar-refractivity contribution in [2.24, 2.45) is 58.7 Å². The number of hydrogen-bond acceptors (Lipinski definition) is 3. The zero-order valence-corrected chi connectivity index (χ0v) is 18.6. The molecule has 0 spiro atoms. The first-order valence-electron chi connectivity index (χ1n) is 13.8. The fourth-order valence-electron chi connectivity index (χ4n) is 9.62. The molecule has 5 aliphatic carbocycles. The van der Waals surface area contributed by atoms with E-state index in [-0.39, 0.29) is 42.6 Å². The van der Waals surface area contributed by atoms with Gasteiger partial charge in [-0.15, -0.1) is 0 Å². The predicted octanol–water partition coefficient (Wildman–Crippen LogP) is 5.05. The van der Waals surface area contributed by atoms with Gasteiger partial charge in [0.1, 0.15) is 0 Å². The molecule has 0 heterocycles. The van der Waals surface area contributed by atoms with Crippen LogP contribution in [0, 0.1) is 58.7 Å². The first-order valence-corrected chi connectivity index (χ1v) is 12.3. The van der Waals surface area contributed by atoms with E-state index in [1.54, 1.807) is 0 Å². The lowest BCUT2D eigenvalue weighted by molar-refractivity contribution is -0.282. The van der Waals surface area contributed by atoms with Crippen molar-refractivity contribution in [3.05, 3.63) is 0 Å². The van der Waals surface area contributed by atoms with Crippen LogP contribution in [-0.2, 0) is 4.74 Å². The van der Waals surface area contributed by atoms with Crippen LogP contribution in [0.15, 0.2) is 0 Å². The summed E-state index contributed by atoms with van der Waals surface area (Å²) in [6.07, 6.45) is -0.364. The molecule has 5 fully saturated rings. The van der Waals surface area contributed by atoms with E-state index in [1.165, 1.54) is 0 Å². The van der Waals surface area contributed by atoms with Crippen molar-refractivity contribution in [2.75, 3.05) is 13.6 Å². The molecule has 5 aliphatic rings. The summed E-state index contributed by atoms with van der Waals surface area (Å²) in [6.45, 7) is 4.20. The van der Waals surface area contributed by atoms with Gasteiger partial charge in [-0.1, -0.05) is 13.8 Å². The lowest BCUT2D eigenvalue weighted by Gasteiger charge is -2.58. The Hall–Kier alpha value is -0.330. The Balaban J connectivity index is 1.30. The summed E-state index contributed by atoms with van der Waals surface area (Å²) in [6, 6.07) is 0. The van der Waals surface area contributed by atoms with Crippen molar-refractivity contribution in [2.45, 2.75) is 83.1 Å². The Bertz CT molecular complexity index is 792. The van der Waals surface area contributed by atoms with Crippen LogP contribution in [0.2, 0.25) is 0 Å². The summed E-state index contributed by atoms with van der Waals surface area (Å²) < 4.78 is 67.2. The molecule has 0 unspecified atom stereocenters. The van der Waals surface area contributed by atoms with Gasteiger partial charge in [0, 0.05) is 7.04 Å². The van der Waals surface area contributed by atoms with Crippen molar-refractivity contribution in [1.82, 2.24) is 0 Å². The van der Waals surface area contributed by atoms with Crippen molar-refractivity contribution in [1.29, 1.82) is 0 Å². The number of rotatable bonds is 4. The minimum absolute atomic E-state index is 0.0454. The fraction of sp³-hybridized carbons (Fsp3) is 1.00. The van der Waals surface area contributed by atoms with Crippen molar-refractivity contribution >= 4 is 0 Å². The summed E-state index contributed by atoms with van der Waals surface area (Å²) in [5.41, 5.74) is -2.45. The lowest BCUT2D eigenvalue weighted by Crippen LogP contribution is -2.56. The summed E-state index contributed by atoms with van der Waals surface area (Å²) in [7, 11) is -2.51. The molecule has 12 atom stereocenters. The van der Waals surface area contributed by atoms with Crippen LogP contribution >= 0.6 is 0 Å². The van der Waals surface area contributed by atoms with Gasteiger partial charge in [-0.2, -0.15) is 13.2 Å². The second-order valence-corrected chi connectivity index (χ2v) is 12.0. The molecule has 0 saturated heterocycles. The third-order valence-corrected chi connectivity index (χ3v) is 10.8. The molecule has 6 heteroatoms. The average Bonchev–Trinajstić information content (AvgIpc) is 3.44. The monoisotopic (exact) mass is 447 g/mol. The summed E-state index contributed by atoms with van der Waals surface area (Å²) in [4.78, 5) is 0. The Labute approximate surface area is 188 Å². The maximum Gasteiger partial charge on any atom is 0.417 e. The predicted molar refractivity (Wildman–Crippen MR) is 111 cm³/mol. The number of methoxy groups -OCH3 is 1. The molecule has 0 aliphatic heterocycles. The maximum absolute atomic E-state index is 13.5. The first kappa shape index (κ1) is 19.0. The zero-order chi connectivity index (χ0) is 24.8. The highest BCUT2D eigenvalue weighted by molar-refractivity contribution is 5.18. The number of halogens is 3.